The van der Waals surface area contributed by atoms with Crippen molar-refractivity contribution < 1.29 is 19.1 Å². The fourth-order valence-corrected chi connectivity index (χ4v) is 4.86. The predicted octanol–water partition coefficient (Wildman–Crippen LogP) is 4.98. The second-order valence-corrected chi connectivity index (χ2v) is 8.17. The van der Waals surface area contributed by atoms with Gasteiger partial charge < -0.3 is 5.11 Å². The third-order valence-corrected chi connectivity index (χ3v) is 6.36. The molecule has 4 rings (SSSR count). The normalized spacial score (nSPS) is 16.2. The van der Waals surface area contributed by atoms with Gasteiger partial charge in [-0.2, -0.15) is 0 Å². The minimum Gasteiger partial charge on any atom is -0.478 e. The zero-order valence-electron chi connectivity index (χ0n) is 16.4. The predicted molar refractivity (Wildman–Crippen MR) is 115 cm³/mol. The van der Waals surface area contributed by atoms with Crippen molar-refractivity contribution in [3.05, 3.63) is 82.9 Å². The van der Waals surface area contributed by atoms with E-state index in [1.165, 1.54) is 30.0 Å². The Morgan fingerprint density at radius 1 is 1.13 bits per heavy atom. The summed E-state index contributed by atoms with van der Waals surface area (Å²) in [5.74, 6) is -1.16. The number of carbonyl (C=O) groups excluding carboxylic acids is 1. The second kappa shape index (κ2) is 7.91. The van der Waals surface area contributed by atoms with Gasteiger partial charge in [-0.25, -0.2) is 9.18 Å². The van der Waals surface area contributed by atoms with Crippen LogP contribution in [0.5, 0.6) is 0 Å². The molecule has 1 N–H and O–H groups in total. The van der Waals surface area contributed by atoms with E-state index in [-0.39, 0.29) is 22.7 Å². The molecule has 1 aromatic heterocycles. The van der Waals surface area contributed by atoms with E-state index < -0.39 is 5.97 Å². The maximum atomic E-state index is 13.4. The molecule has 2 heterocycles. The number of hydrogen-bond acceptors (Lipinski definition) is 4. The maximum Gasteiger partial charge on any atom is 0.336 e. The molecule has 0 radical (unpaired) electrons. The molecule has 1 saturated heterocycles. The van der Waals surface area contributed by atoms with Crippen molar-refractivity contribution in [1.29, 1.82) is 0 Å². The Bertz CT molecular complexity index is 1130. The third kappa shape index (κ3) is 3.57. The van der Waals surface area contributed by atoms with E-state index in [9.17, 15) is 19.1 Å². The topological polar surface area (TPSA) is 70.5 Å². The van der Waals surface area contributed by atoms with Gasteiger partial charge >= 0.3 is 5.97 Å². The number of hydrogen-bond donors (Lipinski definition) is 1. The lowest BCUT2D eigenvalue weighted by molar-refractivity contribution is -0.115. The summed E-state index contributed by atoms with van der Waals surface area (Å²) in [6.45, 7) is 3.67. The first-order chi connectivity index (χ1) is 14.4. The van der Waals surface area contributed by atoms with E-state index in [0.29, 0.717) is 28.1 Å². The Hall–Kier alpha value is -3.19. The Balaban J connectivity index is 1.86. The average molecular weight is 422 g/mol. The van der Waals surface area contributed by atoms with Crippen LogP contribution in [0.4, 0.5) is 10.1 Å². The quantitative estimate of drug-likeness (QED) is 0.642. The maximum absolute atomic E-state index is 13.4. The lowest BCUT2D eigenvalue weighted by Crippen LogP contribution is -2.29. The lowest BCUT2D eigenvalue weighted by Gasteiger charge is -2.27. The van der Waals surface area contributed by atoms with E-state index in [1.807, 2.05) is 26.0 Å². The lowest BCUT2D eigenvalue weighted by atomic mass is 9.94. The molecular formula is C23H19FN2O3S. The summed E-state index contributed by atoms with van der Waals surface area (Å²) >= 11 is 1.46. The number of amides is 1. The van der Waals surface area contributed by atoms with Crippen molar-refractivity contribution in [1.82, 2.24) is 4.98 Å². The van der Waals surface area contributed by atoms with E-state index in [0.717, 1.165) is 11.3 Å². The van der Waals surface area contributed by atoms with Crippen LogP contribution in [0.3, 0.4) is 0 Å². The number of rotatable bonds is 4. The third-order valence-electron chi connectivity index (χ3n) is 5.15. The Morgan fingerprint density at radius 3 is 2.50 bits per heavy atom. The Labute approximate surface area is 177 Å². The molecule has 0 spiro atoms. The number of aromatic carboxylic acids is 1. The first-order valence-electron chi connectivity index (χ1n) is 9.36. The van der Waals surface area contributed by atoms with Gasteiger partial charge in [-0.15, -0.1) is 11.8 Å². The molecule has 5 nitrogen and oxygen atoms in total. The van der Waals surface area contributed by atoms with Gasteiger partial charge in [-0.3, -0.25) is 14.7 Å². The van der Waals surface area contributed by atoms with Gasteiger partial charge in [0.1, 0.15) is 11.2 Å². The van der Waals surface area contributed by atoms with Crippen LogP contribution in [-0.4, -0.2) is 27.7 Å². The number of nitrogens with zero attached hydrogens (tertiary/aromatic N) is 2. The van der Waals surface area contributed by atoms with Crippen molar-refractivity contribution in [3.8, 4) is 11.1 Å². The zero-order valence-corrected chi connectivity index (χ0v) is 17.2. The van der Waals surface area contributed by atoms with Gasteiger partial charge in [0.2, 0.25) is 5.91 Å². The van der Waals surface area contributed by atoms with Crippen LogP contribution in [0.25, 0.3) is 11.1 Å². The van der Waals surface area contributed by atoms with Gasteiger partial charge in [-0.05, 0) is 55.3 Å². The fourth-order valence-electron chi connectivity index (χ4n) is 3.69. The molecular weight excluding hydrogens is 403 g/mol. The number of carbonyl (C=O) groups is 2. The van der Waals surface area contributed by atoms with Crippen LogP contribution < -0.4 is 4.90 Å². The second-order valence-electron chi connectivity index (χ2n) is 7.10. The molecule has 1 aliphatic rings. The van der Waals surface area contributed by atoms with Crippen LogP contribution >= 0.6 is 11.8 Å². The van der Waals surface area contributed by atoms with E-state index in [2.05, 4.69) is 4.98 Å². The molecule has 1 fully saturated rings. The molecule has 0 aliphatic carbocycles. The van der Waals surface area contributed by atoms with Crippen molar-refractivity contribution in [2.45, 2.75) is 19.2 Å². The van der Waals surface area contributed by atoms with E-state index in [1.54, 1.807) is 29.3 Å². The molecule has 1 atom stereocenters. The minimum atomic E-state index is -1.04. The molecule has 0 saturated carbocycles. The number of thioether (sulfide) groups is 1. The van der Waals surface area contributed by atoms with Crippen LogP contribution in [0.1, 0.15) is 32.6 Å². The molecule has 0 bridgehead atoms. The SMILES string of the molecule is Cc1ccc(-c2c(C(=O)O)ccc(N3C(=O)CSC3c3ccc(F)cc3)c2C)cn1. The van der Waals surface area contributed by atoms with Crippen LogP contribution in [0.15, 0.2) is 54.7 Å². The Kier molecular flexibility index (Phi) is 5.30. The molecule has 30 heavy (non-hydrogen) atoms. The first-order valence-corrected chi connectivity index (χ1v) is 10.4. The van der Waals surface area contributed by atoms with Gasteiger partial charge in [0.25, 0.3) is 0 Å². The van der Waals surface area contributed by atoms with Gasteiger partial charge in [0.05, 0.1) is 11.3 Å². The monoisotopic (exact) mass is 422 g/mol. The summed E-state index contributed by atoms with van der Waals surface area (Å²) < 4.78 is 13.4. The van der Waals surface area contributed by atoms with E-state index in [4.69, 9.17) is 0 Å². The highest BCUT2D eigenvalue weighted by Crippen LogP contribution is 2.45. The number of benzene rings is 2. The first kappa shape index (κ1) is 20.1. The van der Waals surface area contributed by atoms with Crippen molar-refractivity contribution >= 4 is 29.3 Å². The number of aromatic nitrogens is 1. The highest BCUT2D eigenvalue weighted by atomic mass is 32.2. The van der Waals surface area contributed by atoms with Crippen LogP contribution in [0, 0.1) is 19.7 Å². The zero-order chi connectivity index (χ0) is 21.4. The molecule has 3 aromatic rings. The van der Waals surface area contributed by atoms with Crippen molar-refractivity contribution in [2.75, 3.05) is 10.7 Å². The van der Waals surface area contributed by atoms with Crippen LogP contribution in [-0.2, 0) is 4.79 Å². The number of halogens is 1. The van der Waals surface area contributed by atoms with Gasteiger partial charge in [-0.1, -0.05) is 18.2 Å². The van der Waals surface area contributed by atoms with E-state index >= 15 is 0 Å². The molecule has 1 amide bonds. The average Bonchev–Trinajstić information content (AvgIpc) is 3.10. The standard InChI is InChI=1S/C23H19FN2O3S/c1-13-3-4-16(11-25-13)21-14(2)19(10-9-18(21)23(28)29)26-20(27)12-30-22(26)15-5-7-17(24)8-6-15/h3-11,22H,12H2,1-2H3,(H,28,29). The fraction of sp³-hybridized carbons (Fsp3) is 0.174. The highest BCUT2D eigenvalue weighted by Gasteiger charge is 2.35. The minimum absolute atomic E-state index is 0.0755. The van der Waals surface area contributed by atoms with Gasteiger partial charge in [0.15, 0.2) is 0 Å². The largest absolute Gasteiger partial charge is 0.478 e. The number of carboxylic acid groups (broad SMARTS) is 1. The molecule has 7 heteroatoms. The summed E-state index contributed by atoms with van der Waals surface area (Å²) in [7, 11) is 0. The summed E-state index contributed by atoms with van der Waals surface area (Å²) in [6.07, 6.45) is 1.64. The van der Waals surface area contributed by atoms with Crippen LogP contribution in [0.2, 0.25) is 0 Å². The number of carboxylic acids is 1. The summed E-state index contributed by atoms with van der Waals surface area (Å²) in [4.78, 5) is 30.6. The van der Waals surface area contributed by atoms with Crippen molar-refractivity contribution in [3.63, 3.8) is 0 Å². The molecule has 152 valence electrons. The summed E-state index contributed by atoms with van der Waals surface area (Å²) in [5.41, 5.74) is 4.33. The molecule has 2 aromatic carbocycles. The number of anilines is 1. The van der Waals surface area contributed by atoms with Gasteiger partial charge in [0, 0.05) is 28.7 Å². The number of pyridine rings is 1. The highest BCUT2D eigenvalue weighted by molar-refractivity contribution is 8.00. The number of aryl methyl sites for hydroxylation is 1. The summed E-state index contributed by atoms with van der Waals surface area (Å²) in [6, 6.07) is 12.9. The summed E-state index contributed by atoms with van der Waals surface area (Å²) in [5, 5.41) is 9.42. The van der Waals surface area contributed by atoms with Crippen molar-refractivity contribution in [2.24, 2.45) is 0 Å². The molecule has 1 aliphatic heterocycles. The Morgan fingerprint density at radius 2 is 1.87 bits per heavy atom. The smallest absolute Gasteiger partial charge is 0.336 e. The molecule has 1 unspecified atom stereocenters.